The lowest BCUT2D eigenvalue weighted by Gasteiger charge is -2.32. The number of hydrogen-bond acceptors (Lipinski definition) is 2. The van der Waals surface area contributed by atoms with Crippen LogP contribution in [0.25, 0.3) is 0 Å². The first-order valence-electron chi connectivity index (χ1n) is 7.09. The highest BCUT2D eigenvalue weighted by molar-refractivity contribution is 6.30. The van der Waals surface area contributed by atoms with Crippen LogP contribution in [-0.4, -0.2) is 30.3 Å². The number of benzene rings is 1. The first-order chi connectivity index (χ1) is 9.08. The summed E-state index contributed by atoms with van der Waals surface area (Å²) >= 11 is 5.92. The first-order valence-corrected chi connectivity index (χ1v) is 7.47. The topological polar surface area (TPSA) is 20.3 Å². The van der Waals surface area contributed by atoms with Crippen molar-refractivity contribution in [2.75, 3.05) is 19.6 Å². The number of rotatable bonds is 6. The minimum atomic E-state index is 0.0119. The van der Waals surface area contributed by atoms with E-state index >= 15 is 0 Å². The summed E-state index contributed by atoms with van der Waals surface area (Å²) in [5.74, 6) is 0.429. The Hall–Kier alpha value is -0.860. The molecule has 0 amide bonds. The van der Waals surface area contributed by atoms with Crippen LogP contribution in [-0.2, 0) is 4.79 Å². The van der Waals surface area contributed by atoms with Gasteiger partial charge in [0.1, 0.15) is 5.78 Å². The molecule has 1 aliphatic rings. The number of ketones is 1. The third kappa shape index (κ3) is 3.80. The smallest absolute Gasteiger partial charge is 0.142 e. The van der Waals surface area contributed by atoms with Gasteiger partial charge in [0.25, 0.3) is 0 Å². The molecule has 1 aromatic carbocycles. The second-order valence-electron chi connectivity index (χ2n) is 5.65. The zero-order valence-electron chi connectivity index (χ0n) is 11.7. The molecule has 0 radical (unpaired) electrons. The number of Topliss-reactive ketones (excluding diaryl/α,β-unsaturated/α-hetero) is 1. The van der Waals surface area contributed by atoms with E-state index in [1.165, 1.54) is 19.5 Å². The molecule has 1 aromatic rings. The van der Waals surface area contributed by atoms with Crippen LogP contribution in [0.4, 0.5) is 0 Å². The van der Waals surface area contributed by atoms with E-state index in [0.717, 1.165) is 23.6 Å². The number of carbonyl (C=O) groups is 1. The summed E-state index contributed by atoms with van der Waals surface area (Å²) in [6.07, 6.45) is 2.21. The van der Waals surface area contributed by atoms with Gasteiger partial charge in [-0.1, -0.05) is 37.6 Å². The van der Waals surface area contributed by atoms with Crippen LogP contribution in [0.2, 0.25) is 5.02 Å². The fourth-order valence-electron chi connectivity index (χ4n) is 2.49. The maximum absolute atomic E-state index is 12.4. The van der Waals surface area contributed by atoms with Gasteiger partial charge < -0.3 is 4.90 Å². The summed E-state index contributed by atoms with van der Waals surface area (Å²) in [4.78, 5) is 14.8. The molecule has 0 spiro atoms. The molecule has 0 unspecified atom stereocenters. The van der Waals surface area contributed by atoms with Crippen LogP contribution < -0.4 is 0 Å². The normalized spacial score (nSPS) is 17.3. The maximum Gasteiger partial charge on any atom is 0.142 e. The van der Waals surface area contributed by atoms with Crippen molar-refractivity contribution in [3.8, 4) is 0 Å². The second kappa shape index (κ2) is 6.53. The zero-order chi connectivity index (χ0) is 13.8. The molecule has 1 fully saturated rings. The zero-order valence-corrected chi connectivity index (χ0v) is 12.5. The molecule has 0 aliphatic carbocycles. The van der Waals surface area contributed by atoms with E-state index in [4.69, 9.17) is 11.6 Å². The van der Waals surface area contributed by atoms with Gasteiger partial charge in [0.2, 0.25) is 0 Å². The minimum absolute atomic E-state index is 0.0119. The molecule has 3 heteroatoms. The van der Waals surface area contributed by atoms with Gasteiger partial charge in [-0.25, -0.2) is 0 Å². The van der Waals surface area contributed by atoms with Crippen molar-refractivity contribution in [3.05, 3.63) is 34.9 Å². The average molecular weight is 280 g/mol. The van der Waals surface area contributed by atoms with Crippen LogP contribution in [0.3, 0.4) is 0 Å². The van der Waals surface area contributed by atoms with Crippen molar-refractivity contribution < 1.29 is 4.79 Å². The van der Waals surface area contributed by atoms with Crippen LogP contribution >= 0.6 is 11.6 Å². The van der Waals surface area contributed by atoms with Crippen molar-refractivity contribution in [1.82, 2.24) is 4.90 Å². The van der Waals surface area contributed by atoms with Crippen LogP contribution in [0.5, 0.6) is 0 Å². The number of carbonyl (C=O) groups excluding carboxylic acids is 1. The van der Waals surface area contributed by atoms with E-state index < -0.39 is 0 Å². The highest BCUT2D eigenvalue weighted by Gasteiger charge is 2.24. The Morgan fingerprint density at radius 3 is 2.37 bits per heavy atom. The molecular formula is C16H22ClNO. The van der Waals surface area contributed by atoms with Gasteiger partial charge in [-0.2, -0.15) is 0 Å². The van der Waals surface area contributed by atoms with Gasteiger partial charge in [0, 0.05) is 16.9 Å². The molecular weight excluding hydrogens is 258 g/mol. The van der Waals surface area contributed by atoms with E-state index in [0.29, 0.717) is 5.78 Å². The summed E-state index contributed by atoms with van der Waals surface area (Å²) in [5.41, 5.74) is 1.10. The summed E-state index contributed by atoms with van der Waals surface area (Å²) in [5, 5.41) is 0.724. The highest BCUT2D eigenvalue weighted by atomic mass is 35.5. The predicted octanol–water partition coefficient (Wildman–Crippen LogP) is 3.74. The minimum Gasteiger partial charge on any atom is -0.303 e. The lowest BCUT2D eigenvalue weighted by atomic mass is 9.86. The third-order valence-corrected chi connectivity index (χ3v) is 4.12. The first kappa shape index (κ1) is 14.5. The van der Waals surface area contributed by atoms with Crippen molar-refractivity contribution in [2.45, 2.75) is 32.6 Å². The van der Waals surface area contributed by atoms with Crippen LogP contribution in [0, 0.1) is 5.92 Å². The molecule has 2 nitrogen and oxygen atoms in total. The SMILES string of the molecule is CC(C)C(=O)[C@H](CCN1CCC1)c1ccc(Cl)cc1. The van der Waals surface area contributed by atoms with Gasteiger partial charge in [0.05, 0.1) is 0 Å². The Balaban J connectivity index is 2.08. The van der Waals surface area contributed by atoms with E-state index in [-0.39, 0.29) is 11.8 Å². The van der Waals surface area contributed by atoms with Crippen molar-refractivity contribution in [3.63, 3.8) is 0 Å². The summed E-state index contributed by atoms with van der Waals surface area (Å²) in [6, 6.07) is 7.73. The molecule has 104 valence electrons. The van der Waals surface area contributed by atoms with Gasteiger partial charge in [-0.05, 0) is 50.2 Å². The van der Waals surface area contributed by atoms with Crippen molar-refractivity contribution in [1.29, 1.82) is 0 Å². The highest BCUT2D eigenvalue weighted by Crippen LogP contribution is 2.26. The Morgan fingerprint density at radius 2 is 1.89 bits per heavy atom. The molecule has 1 aliphatic heterocycles. The van der Waals surface area contributed by atoms with Gasteiger partial charge in [-0.3, -0.25) is 4.79 Å². The number of likely N-dealkylation sites (tertiary alicyclic amines) is 1. The molecule has 19 heavy (non-hydrogen) atoms. The number of nitrogens with zero attached hydrogens (tertiary/aromatic N) is 1. The molecule has 1 heterocycles. The van der Waals surface area contributed by atoms with Gasteiger partial charge in [0.15, 0.2) is 0 Å². The molecule has 0 saturated carbocycles. The lowest BCUT2D eigenvalue weighted by Crippen LogP contribution is -2.38. The Labute approximate surface area is 120 Å². The second-order valence-corrected chi connectivity index (χ2v) is 6.08. The van der Waals surface area contributed by atoms with Gasteiger partial charge >= 0.3 is 0 Å². The maximum atomic E-state index is 12.4. The monoisotopic (exact) mass is 279 g/mol. The molecule has 2 rings (SSSR count). The molecule has 1 saturated heterocycles. The molecule has 0 bridgehead atoms. The predicted molar refractivity (Wildman–Crippen MR) is 79.7 cm³/mol. The molecule has 0 N–H and O–H groups in total. The van der Waals surface area contributed by atoms with Gasteiger partial charge in [-0.15, -0.1) is 0 Å². The third-order valence-electron chi connectivity index (χ3n) is 3.87. The molecule has 1 atom stereocenters. The summed E-state index contributed by atoms with van der Waals surface area (Å²) in [6.45, 7) is 7.35. The van der Waals surface area contributed by atoms with Crippen molar-refractivity contribution in [2.24, 2.45) is 5.92 Å². The Morgan fingerprint density at radius 1 is 1.26 bits per heavy atom. The largest absolute Gasteiger partial charge is 0.303 e. The van der Waals surface area contributed by atoms with Crippen LogP contribution in [0.1, 0.15) is 38.2 Å². The quantitative estimate of drug-likeness (QED) is 0.790. The summed E-state index contributed by atoms with van der Waals surface area (Å²) < 4.78 is 0. The van der Waals surface area contributed by atoms with E-state index in [1.807, 2.05) is 38.1 Å². The standard InChI is InChI=1S/C16H22ClNO/c1-12(2)16(19)15(8-11-18-9-3-10-18)13-4-6-14(17)7-5-13/h4-7,12,15H,3,8-11H2,1-2H3/t15-/m1/s1. The number of halogens is 1. The van der Waals surface area contributed by atoms with E-state index in [1.54, 1.807) is 0 Å². The lowest BCUT2D eigenvalue weighted by molar-refractivity contribution is -0.123. The van der Waals surface area contributed by atoms with Crippen LogP contribution in [0.15, 0.2) is 24.3 Å². The van der Waals surface area contributed by atoms with E-state index in [9.17, 15) is 4.79 Å². The van der Waals surface area contributed by atoms with E-state index in [2.05, 4.69) is 4.90 Å². The molecule has 0 aromatic heterocycles. The fourth-order valence-corrected chi connectivity index (χ4v) is 2.61. The average Bonchev–Trinajstić information content (AvgIpc) is 2.33. The number of hydrogen-bond donors (Lipinski definition) is 0. The fraction of sp³-hybridized carbons (Fsp3) is 0.562. The Bertz CT molecular complexity index is 423. The Kier molecular flexibility index (Phi) is 5.00. The summed E-state index contributed by atoms with van der Waals surface area (Å²) in [7, 11) is 0. The van der Waals surface area contributed by atoms with Crippen molar-refractivity contribution >= 4 is 17.4 Å².